The predicted molar refractivity (Wildman–Crippen MR) is 215 cm³/mol. The van der Waals surface area contributed by atoms with Gasteiger partial charge in [0.15, 0.2) is 5.78 Å². The average Bonchev–Trinajstić information content (AvgIpc) is 3.45. The van der Waals surface area contributed by atoms with Gasteiger partial charge < -0.3 is 55.2 Å². The van der Waals surface area contributed by atoms with Gasteiger partial charge >= 0.3 is 0 Å². The van der Waals surface area contributed by atoms with E-state index in [0.717, 1.165) is 0 Å². The van der Waals surface area contributed by atoms with Crippen molar-refractivity contribution in [2.45, 2.75) is 122 Å². The number of aromatic hydroxyl groups is 1. The number of carbonyl (C=O) groups excluding carboxylic acids is 2. The van der Waals surface area contributed by atoms with E-state index in [1.54, 1.807) is 83.4 Å². The number of H-pyrrole nitrogens is 1. The molecule has 8 N–H and O–H groups in total. The van der Waals surface area contributed by atoms with E-state index >= 15 is 0 Å². The molecule has 318 valence electrons. The summed E-state index contributed by atoms with van der Waals surface area (Å²) in [5.74, 6) is -5.86. The van der Waals surface area contributed by atoms with Crippen molar-refractivity contribution in [2.75, 3.05) is 13.7 Å². The molecular formula is C43H64N2O12. The molecule has 2 unspecified atom stereocenters. The molecule has 1 amide bonds. The van der Waals surface area contributed by atoms with Crippen LogP contribution in [-0.2, 0) is 19.0 Å². The number of methoxy groups -OCH3 is 1. The lowest BCUT2D eigenvalue weighted by Crippen LogP contribution is -2.69. The van der Waals surface area contributed by atoms with Crippen LogP contribution >= 0.6 is 0 Å². The molecule has 0 bridgehead atoms. The average molecular weight is 801 g/mol. The van der Waals surface area contributed by atoms with Gasteiger partial charge in [-0.05, 0) is 38.2 Å². The molecule has 0 saturated carbocycles. The topological polar surface area (TPSA) is 228 Å². The summed E-state index contributed by atoms with van der Waals surface area (Å²) in [6.07, 6.45) is 11.4. The summed E-state index contributed by atoms with van der Waals surface area (Å²) >= 11 is 0. The number of aromatic amines is 1. The summed E-state index contributed by atoms with van der Waals surface area (Å²) in [6.45, 7) is 12.6. The molecule has 3 heterocycles. The zero-order valence-corrected chi connectivity index (χ0v) is 34.3. The second kappa shape index (κ2) is 21.3. The van der Waals surface area contributed by atoms with Crippen molar-refractivity contribution in [3.05, 3.63) is 88.9 Å². The van der Waals surface area contributed by atoms with E-state index in [1.165, 1.54) is 12.3 Å². The minimum Gasteiger partial charge on any atom is -0.507 e. The number of aromatic nitrogens is 1. The van der Waals surface area contributed by atoms with Crippen molar-refractivity contribution in [2.24, 2.45) is 29.1 Å². The summed E-state index contributed by atoms with van der Waals surface area (Å²) in [5, 5.41) is 67.9. The van der Waals surface area contributed by atoms with E-state index in [-0.39, 0.29) is 42.2 Å². The molecule has 2 aliphatic heterocycles. The highest BCUT2D eigenvalue weighted by Crippen LogP contribution is 2.44. The number of ketones is 1. The maximum atomic E-state index is 13.3. The number of allylic oxidation sites excluding steroid dienone is 7. The van der Waals surface area contributed by atoms with Crippen LogP contribution in [0.3, 0.4) is 0 Å². The second-order valence-corrected chi connectivity index (χ2v) is 15.8. The van der Waals surface area contributed by atoms with Crippen LogP contribution in [0.1, 0.15) is 78.1 Å². The molecule has 0 aliphatic carbocycles. The number of rotatable bonds is 19. The third-order valence-corrected chi connectivity index (χ3v) is 11.3. The van der Waals surface area contributed by atoms with E-state index in [9.17, 15) is 45.0 Å². The Hall–Kier alpha value is -3.73. The number of carbonyl (C=O) groups is 2. The maximum absolute atomic E-state index is 13.3. The van der Waals surface area contributed by atoms with Crippen molar-refractivity contribution in [1.82, 2.24) is 10.3 Å². The smallest absolute Gasteiger partial charge is 0.262 e. The van der Waals surface area contributed by atoms with Crippen molar-refractivity contribution in [3.63, 3.8) is 0 Å². The summed E-state index contributed by atoms with van der Waals surface area (Å²) in [4.78, 5) is 40.4. The van der Waals surface area contributed by atoms with E-state index in [0.29, 0.717) is 12.8 Å². The Bertz CT molecular complexity index is 1680. The molecule has 0 aromatic carbocycles. The summed E-state index contributed by atoms with van der Waals surface area (Å²) in [5.41, 5.74) is -1.88. The Morgan fingerprint density at radius 3 is 2.30 bits per heavy atom. The van der Waals surface area contributed by atoms with Crippen molar-refractivity contribution >= 4 is 11.7 Å². The first kappa shape index (κ1) is 47.6. The molecule has 1 aromatic heterocycles. The van der Waals surface area contributed by atoms with E-state index in [1.807, 2.05) is 32.9 Å². The van der Waals surface area contributed by atoms with Gasteiger partial charge in [-0.2, -0.15) is 0 Å². The fraction of sp³-hybridized carbons (Fsp3) is 0.605. The Morgan fingerprint density at radius 1 is 0.982 bits per heavy atom. The first-order valence-electron chi connectivity index (χ1n) is 19.7. The first-order valence-corrected chi connectivity index (χ1v) is 19.7. The Balaban J connectivity index is 1.54. The number of amides is 1. The number of ether oxygens (including phenoxy) is 3. The highest BCUT2D eigenvalue weighted by atomic mass is 16.7. The zero-order chi connectivity index (χ0) is 42.7. The molecule has 3 rings (SSSR count). The monoisotopic (exact) mass is 800 g/mol. The van der Waals surface area contributed by atoms with E-state index < -0.39 is 83.0 Å². The normalized spacial score (nSPS) is 30.7. The molecule has 13 atom stereocenters. The predicted octanol–water partition coefficient (Wildman–Crippen LogP) is 3.23. The Kier molecular flexibility index (Phi) is 17.8. The summed E-state index contributed by atoms with van der Waals surface area (Å²) in [6, 6.07) is 1.25. The molecule has 2 fully saturated rings. The fourth-order valence-electron chi connectivity index (χ4n) is 7.63. The van der Waals surface area contributed by atoms with Gasteiger partial charge in [-0.3, -0.25) is 14.4 Å². The van der Waals surface area contributed by atoms with Crippen LogP contribution < -0.4 is 10.9 Å². The largest absolute Gasteiger partial charge is 0.507 e. The number of Topliss-reactive ketones (excluding diaryl/α,β-unsaturated/α-hetero) is 1. The summed E-state index contributed by atoms with van der Waals surface area (Å²) < 4.78 is 17.9. The molecule has 2 saturated heterocycles. The minimum atomic E-state index is -2.33. The molecule has 0 radical (unpaired) electrons. The van der Waals surface area contributed by atoms with Crippen LogP contribution in [-0.4, -0.2) is 116 Å². The molecule has 57 heavy (non-hydrogen) atoms. The van der Waals surface area contributed by atoms with Gasteiger partial charge in [-0.1, -0.05) is 102 Å². The molecule has 1 aromatic rings. The molecule has 14 heteroatoms. The lowest BCUT2D eigenvalue weighted by molar-refractivity contribution is -0.359. The maximum Gasteiger partial charge on any atom is 0.262 e. The van der Waals surface area contributed by atoms with Crippen molar-refractivity contribution in [3.8, 4) is 5.75 Å². The quantitative estimate of drug-likeness (QED) is 0.0574. The summed E-state index contributed by atoms with van der Waals surface area (Å²) in [7, 11) is 1.57. The third-order valence-electron chi connectivity index (χ3n) is 11.3. The fourth-order valence-corrected chi connectivity index (χ4v) is 7.63. The number of aliphatic hydroxyl groups excluding tert-OH is 4. The van der Waals surface area contributed by atoms with Gasteiger partial charge in [-0.25, -0.2) is 0 Å². The first-order chi connectivity index (χ1) is 26.9. The molecule has 14 nitrogen and oxygen atoms in total. The van der Waals surface area contributed by atoms with Crippen LogP contribution in [0.2, 0.25) is 0 Å². The van der Waals surface area contributed by atoms with Gasteiger partial charge in [-0.15, -0.1) is 0 Å². The van der Waals surface area contributed by atoms with Crippen LogP contribution in [0.5, 0.6) is 5.75 Å². The Labute approximate surface area is 335 Å². The molecule has 2 aliphatic rings. The number of aliphatic hydroxyl groups is 5. The van der Waals surface area contributed by atoms with Gasteiger partial charge in [0.05, 0.1) is 30.3 Å². The SMILES string of the molecule is C/C=C\C=C\[C@@H]1O[C@](O)([C@H](CC)C(=O)NC/C=C/CC(C)[C@@H](OC)[C@@H](C)[C@@H]2O[C@H](/C=C/C=C/CC(C)C(=O)c3c(O)cc[nH]c3=O)[C@H](O)[C@@H]2O)[C@H](O)[C@H](O)C1(C)C. The lowest BCUT2D eigenvalue weighted by Gasteiger charge is -2.53. The Morgan fingerprint density at radius 2 is 1.67 bits per heavy atom. The van der Waals surface area contributed by atoms with Crippen molar-refractivity contribution in [1.29, 1.82) is 0 Å². The minimum absolute atomic E-state index is 0.0622. The zero-order valence-electron chi connectivity index (χ0n) is 34.3. The van der Waals surface area contributed by atoms with Gasteiger partial charge in [0, 0.05) is 37.1 Å². The lowest BCUT2D eigenvalue weighted by atomic mass is 9.71. The second-order valence-electron chi connectivity index (χ2n) is 15.8. The highest BCUT2D eigenvalue weighted by molar-refractivity contribution is 5.99. The van der Waals surface area contributed by atoms with E-state index in [2.05, 4.69) is 10.3 Å². The van der Waals surface area contributed by atoms with Gasteiger partial charge in [0.25, 0.3) is 5.56 Å². The van der Waals surface area contributed by atoms with E-state index in [4.69, 9.17) is 14.2 Å². The number of hydrogen-bond donors (Lipinski definition) is 8. The van der Waals surface area contributed by atoms with Crippen molar-refractivity contribution < 1.29 is 54.4 Å². The molecule has 0 spiro atoms. The van der Waals surface area contributed by atoms with Crippen LogP contribution in [0, 0.1) is 29.1 Å². The van der Waals surface area contributed by atoms with Crippen LogP contribution in [0.4, 0.5) is 0 Å². The number of hydrogen-bond acceptors (Lipinski definition) is 12. The number of pyridine rings is 1. The standard InChI is InChI=1S/C43H64N2O12/c1-9-11-13-21-31-42(6,7)38(50)39(51)43(54,57-31)28(10-2)40(52)44-23-17-16-19-26(4)36(55-8)27(5)37-35(49)34(48)30(56-37)20-15-12-14-18-25(3)33(47)32-29(46)22-24-45-41(32)53/h9,11-17,20-22,24-28,30-31,34-39,48-51,54H,10,18-19,23H2,1-8H3,(H,44,52)(H2,45,46,53)/b11-9-,14-12+,17-16+,20-15+,21-13+/t25?,26?,27-,28-,30-,31+,34+,35+,36-,37+,38+,39-,43-/m1/s1. The highest BCUT2D eigenvalue weighted by Gasteiger charge is 2.60. The van der Waals surface area contributed by atoms with Crippen LogP contribution in [0.15, 0.2) is 77.8 Å². The van der Waals surface area contributed by atoms with Crippen LogP contribution in [0.25, 0.3) is 0 Å². The molecular weight excluding hydrogens is 736 g/mol. The number of nitrogens with one attached hydrogen (secondary N) is 2. The van der Waals surface area contributed by atoms with Gasteiger partial charge in [0.2, 0.25) is 11.7 Å². The van der Waals surface area contributed by atoms with Gasteiger partial charge in [0.1, 0.15) is 35.7 Å². The third kappa shape index (κ3) is 11.3.